The number of anilines is 1. The van der Waals surface area contributed by atoms with Crippen LogP contribution < -0.4 is 10.6 Å². The zero-order valence-corrected chi connectivity index (χ0v) is 13.2. The molecule has 5 heteroatoms. The summed E-state index contributed by atoms with van der Waals surface area (Å²) in [6, 6.07) is 1.16. The number of amides is 1. The van der Waals surface area contributed by atoms with Crippen LogP contribution in [0.15, 0.2) is 12.3 Å². The fourth-order valence-corrected chi connectivity index (χ4v) is 1.61. The minimum Gasteiger partial charge on any atom is -0.365 e. The summed E-state index contributed by atoms with van der Waals surface area (Å²) in [6.45, 7) is 9.40. The maximum Gasteiger partial charge on any atom is 0.256 e. The van der Waals surface area contributed by atoms with Gasteiger partial charge in [0.1, 0.15) is 11.6 Å². The van der Waals surface area contributed by atoms with Crippen molar-refractivity contribution in [3.8, 4) is 12.3 Å². The molecule has 0 aliphatic heterocycles. The number of nitrogens with zero attached hydrogens (tertiary/aromatic N) is 1. The summed E-state index contributed by atoms with van der Waals surface area (Å²) < 4.78 is 13.4. The van der Waals surface area contributed by atoms with E-state index < -0.39 is 17.3 Å². The minimum atomic E-state index is -0.775. The first-order chi connectivity index (χ1) is 9.60. The van der Waals surface area contributed by atoms with E-state index in [0.717, 1.165) is 12.3 Å². The Kier molecular flexibility index (Phi) is 4.95. The molecule has 0 saturated heterocycles. The molecule has 114 valence electrons. The van der Waals surface area contributed by atoms with E-state index in [1.807, 2.05) is 27.7 Å². The first kappa shape index (κ1) is 17.0. The van der Waals surface area contributed by atoms with Gasteiger partial charge in [0.15, 0.2) is 0 Å². The van der Waals surface area contributed by atoms with E-state index in [4.69, 9.17) is 6.42 Å². The van der Waals surface area contributed by atoms with E-state index >= 15 is 0 Å². The van der Waals surface area contributed by atoms with Crippen LogP contribution in [0.3, 0.4) is 0 Å². The van der Waals surface area contributed by atoms with E-state index in [0.29, 0.717) is 12.2 Å². The van der Waals surface area contributed by atoms with Crippen LogP contribution >= 0.6 is 0 Å². The third-order valence-corrected chi connectivity index (χ3v) is 3.01. The Labute approximate surface area is 125 Å². The van der Waals surface area contributed by atoms with Crippen LogP contribution in [0.2, 0.25) is 0 Å². The monoisotopic (exact) mass is 291 g/mol. The predicted molar refractivity (Wildman–Crippen MR) is 82.6 cm³/mol. The number of hydrogen-bond donors (Lipinski definition) is 2. The number of hydrogen-bond acceptors (Lipinski definition) is 3. The second-order valence-electron chi connectivity index (χ2n) is 6.21. The summed E-state index contributed by atoms with van der Waals surface area (Å²) in [5.74, 6) is 1.86. The van der Waals surface area contributed by atoms with Gasteiger partial charge in [-0.15, -0.1) is 6.42 Å². The van der Waals surface area contributed by atoms with Gasteiger partial charge in [0.05, 0.1) is 17.3 Å². The van der Waals surface area contributed by atoms with Crippen LogP contribution in [0.4, 0.5) is 10.2 Å². The molecule has 1 heterocycles. The molecule has 21 heavy (non-hydrogen) atoms. The molecule has 0 spiro atoms. The highest BCUT2D eigenvalue weighted by Crippen LogP contribution is 2.19. The lowest BCUT2D eigenvalue weighted by Crippen LogP contribution is -2.44. The van der Waals surface area contributed by atoms with Crippen molar-refractivity contribution in [1.29, 1.82) is 0 Å². The number of halogens is 1. The van der Waals surface area contributed by atoms with Crippen molar-refractivity contribution in [2.45, 2.75) is 52.1 Å². The third kappa shape index (κ3) is 4.75. The molecule has 1 aromatic rings. The molecule has 0 aliphatic carbocycles. The SMILES string of the molecule is C#CC(C)(CC)NC(=O)c1cc(F)cnc1NC(C)(C)C. The third-order valence-electron chi connectivity index (χ3n) is 3.01. The molecular formula is C16H22FN3O. The summed E-state index contributed by atoms with van der Waals surface area (Å²) in [5.41, 5.74) is -0.942. The Hall–Kier alpha value is -2.09. The Balaban J connectivity index is 3.14. The second-order valence-corrected chi connectivity index (χ2v) is 6.21. The van der Waals surface area contributed by atoms with Crippen LogP contribution in [0.25, 0.3) is 0 Å². The summed E-state index contributed by atoms with van der Waals surface area (Å²) in [6.07, 6.45) is 7.09. The Morgan fingerprint density at radius 2 is 2.05 bits per heavy atom. The lowest BCUT2D eigenvalue weighted by atomic mass is 9.99. The maximum absolute atomic E-state index is 13.4. The molecule has 4 nitrogen and oxygen atoms in total. The molecule has 0 aliphatic rings. The smallest absolute Gasteiger partial charge is 0.256 e. The van der Waals surface area contributed by atoms with Crippen molar-refractivity contribution >= 4 is 11.7 Å². The summed E-state index contributed by atoms with van der Waals surface area (Å²) in [5, 5.41) is 5.83. The van der Waals surface area contributed by atoms with Crippen molar-refractivity contribution < 1.29 is 9.18 Å². The summed E-state index contributed by atoms with van der Waals surface area (Å²) in [7, 11) is 0. The van der Waals surface area contributed by atoms with Crippen LogP contribution in [0.5, 0.6) is 0 Å². The van der Waals surface area contributed by atoms with Gasteiger partial charge in [-0.05, 0) is 40.2 Å². The molecule has 0 bridgehead atoms. The largest absolute Gasteiger partial charge is 0.365 e. The average molecular weight is 291 g/mol. The molecule has 1 rings (SSSR count). The minimum absolute atomic E-state index is 0.139. The predicted octanol–water partition coefficient (Wildman–Crippen LogP) is 2.96. The molecule has 2 N–H and O–H groups in total. The first-order valence-corrected chi connectivity index (χ1v) is 6.84. The van der Waals surface area contributed by atoms with Gasteiger partial charge < -0.3 is 10.6 Å². The number of nitrogens with one attached hydrogen (secondary N) is 2. The zero-order valence-electron chi connectivity index (χ0n) is 13.2. The van der Waals surface area contributed by atoms with E-state index in [-0.39, 0.29) is 11.1 Å². The van der Waals surface area contributed by atoms with E-state index in [9.17, 15) is 9.18 Å². The van der Waals surface area contributed by atoms with Gasteiger partial charge in [-0.3, -0.25) is 4.79 Å². The van der Waals surface area contributed by atoms with Crippen LogP contribution in [-0.4, -0.2) is 22.0 Å². The number of rotatable bonds is 4. The summed E-state index contributed by atoms with van der Waals surface area (Å²) >= 11 is 0. The van der Waals surface area contributed by atoms with Crippen molar-refractivity contribution in [3.63, 3.8) is 0 Å². The molecule has 1 atom stereocenters. The van der Waals surface area contributed by atoms with Gasteiger partial charge >= 0.3 is 0 Å². The number of aromatic nitrogens is 1. The molecule has 1 amide bonds. The van der Waals surface area contributed by atoms with E-state index in [1.165, 1.54) is 0 Å². The number of carbonyl (C=O) groups is 1. The molecule has 0 fully saturated rings. The fraction of sp³-hybridized carbons (Fsp3) is 0.500. The van der Waals surface area contributed by atoms with Gasteiger partial charge in [-0.1, -0.05) is 12.8 Å². The number of pyridine rings is 1. The molecule has 0 radical (unpaired) electrons. The highest BCUT2D eigenvalue weighted by atomic mass is 19.1. The second kappa shape index (κ2) is 6.13. The number of terminal acetylenes is 1. The lowest BCUT2D eigenvalue weighted by Gasteiger charge is -2.26. The normalized spacial score (nSPS) is 14.0. The Morgan fingerprint density at radius 1 is 1.43 bits per heavy atom. The quantitative estimate of drug-likeness (QED) is 0.839. The van der Waals surface area contributed by atoms with Crippen molar-refractivity contribution in [1.82, 2.24) is 10.3 Å². The van der Waals surface area contributed by atoms with Gasteiger partial charge in [0, 0.05) is 5.54 Å². The highest BCUT2D eigenvalue weighted by molar-refractivity contribution is 5.99. The van der Waals surface area contributed by atoms with Gasteiger partial charge in [-0.25, -0.2) is 9.37 Å². The molecule has 0 saturated carbocycles. The highest BCUT2D eigenvalue weighted by Gasteiger charge is 2.25. The fourth-order valence-electron chi connectivity index (χ4n) is 1.61. The maximum atomic E-state index is 13.4. The molecule has 1 aromatic heterocycles. The van der Waals surface area contributed by atoms with Crippen LogP contribution in [0, 0.1) is 18.2 Å². The molecule has 1 unspecified atom stereocenters. The lowest BCUT2D eigenvalue weighted by molar-refractivity contribution is 0.0923. The Bertz CT molecular complexity index is 572. The van der Waals surface area contributed by atoms with Crippen molar-refractivity contribution in [2.24, 2.45) is 0 Å². The van der Waals surface area contributed by atoms with Crippen LogP contribution in [0.1, 0.15) is 51.4 Å². The topological polar surface area (TPSA) is 54.0 Å². The zero-order chi connectivity index (χ0) is 16.3. The van der Waals surface area contributed by atoms with Crippen molar-refractivity contribution in [3.05, 3.63) is 23.6 Å². The number of carbonyl (C=O) groups excluding carboxylic acids is 1. The summed E-state index contributed by atoms with van der Waals surface area (Å²) in [4.78, 5) is 16.4. The van der Waals surface area contributed by atoms with E-state index in [1.54, 1.807) is 6.92 Å². The standard InChI is InChI=1S/C16H22FN3O/c1-7-16(6,8-2)20-14(21)12-9-11(17)10-18-13(12)19-15(3,4)5/h1,9-10H,8H2,2-6H3,(H,18,19)(H,20,21). The first-order valence-electron chi connectivity index (χ1n) is 6.84. The van der Waals surface area contributed by atoms with E-state index in [2.05, 4.69) is 21.5 Å². The average Bonchev–Trinajstić information content (AvgIpc) is 2.39. The molecular weight excluding hydrogens is 269 g/mol. The Morgan fingerprint density at radius 3 is 2.52 bits per heavy atom. The van der Waals surface area contributed by atoms with Gasteiger partial charge in [0.2, 0.25) is 0 Å². The van der Waals surface area contributed by atoms with Gasteiger partial charge in [-0.2, -0.15) is 0 Å². The molecule has 0 aromatic carbocycles. The van der Waals surface area contributed by atoms with Crippen LogP contribution in [-0.2, 0) is 0 Å². The van der Waals surface area contributed by atoms with Gasteiger partial charge in [0.25, 0.3) is 5.91 Å². The van der Waals surface area contributed by atoms with Crippen molar-refractivity contribution in [2.75, 3.05) is 5.32 Å².